The highest BCUT2D eigenvalue weighted by Crippen LogP contribution is 2.22. The van der Waals surface area contributed by atoms with Gasteiger partial charge in [-0.1, -0.05) is 18.2 Å². The molecule has 3 aromatic rings. The van der Waals surface area contributed by atoms with Gasteiger partial charge in [0.1, 0.15) is 5.01 Å². The molecule has 3 rings (SSSR count). The first kappa shape index (κ1) is 16.8. The van der Waals surface area contributed by atoms with Gasteiger partial charge in [0.2, 0.25) is 5.91 Å². The monoisotopic (exact) mass is 352 g/mol. The van der Waals surface area contributed by atoms with Gasteiger partial charge >= 0.3 is 0 Å². The van der Waals surface area contributed by atoms with Crippen molar-refractivity contribution in [2.45, 2.75) is 6.54 Å². The molecule has 0 aliphatic carbocycles. The first-order valence-corrected chi connectivity index (χ1v) is 8.55. The normalized spacial score (nSPS) is 10.2. The van der Waals surface area contributed by atoms with Gasteiger partial charge < -0.3 is 10.6 Å². The van der Waals surface area contributed by atoms with Crippen molar-refractivity contribution in [3.8, 4) is 10.6 Å². The number of amides is 2. The highest BCUT2D eigenvalue weighted by molar-refractivity contribution is 7.13. The minimum absolute atomic E-state index is 0.0761. The zero-order valence-corrected chi connectivity index (χ0v) is 14.1. The number of aromatic nitrogens is 2. The lowest BCUT2D eigenvalue weighted by Crippen LogP contribution is -2.36. The van der Waals surface area contributed by atoms with Crippen molar-refractivity contribution in [3.63, 3.8) is 0 Å². The quantitative estimate of drug-likeness (QED) is 0.713. The van der Waals surface area contributed by atoms with E-state index in [-0.39, 0.29) is 18.4 Å². The summed E-state index contributed by atoms with van der Waals surface area (Å²) in [6.45, 7) is 0.240. The van der Waals surface area contributed by atoms with Crippen LogP contribution in [0.5, 0.6) is 0 Å². The summed E-state index contributed by atoms with van der Waals surface area (Å²) in [5.41, 5.74) is 2.24. The van der Waals surface area contributed by atoms with Crippen LogP contribution in [0.3, 0.4) is 0 Å². The van der Waals surface area contributed by atoms with E-state index < -0.39 is 0 Å². The van der Waals surface area contributed by atoms with Gasteiger partial charge in [0.05, 0.1) is 18.8 Å². The van der Waals surface area contributed by atoms with Crippen LogP contribution in [0.4, 0.5) is 0 Å². The van der Waals surface area contributed by atoms with Crippen LogP contribution in [-0.2, 0) is 11.3 Å². The van der Waals surface area contributed by atoms with Crippen molar-refractivity contribution in [2.75, 3.05) is 6.54 Å². The van der Waals surface area contributed by atoms with E-state index in [0.717, 1.165) is 16.3 Å². The molecule has 0 saturated carbocycles. The fourth-order valence-electron chi connectivity index (χ4n) is 2.11. The number of hydrogen-bond donors (Lipinski definition) is 2. The zero-order chi connectivity index (χ0) is 17.5. The number of carbonyl (C=O) groups excluding carboxylic acids is 2. The summed E-state index contributed by atoms with van der Waals surface area (Å²) in [6.07, 6.45) is 3.46. The topological polar surface area (TPSA) is 84.0 Å². The molecule has 7 heteroatoms. The highest BCUT2D eigenvalue weighted by Gasteiger charge is 2.09. The number of hydrogen-bond acceptors (Lipinski definition) is 5. The maximum Gasteiger partial charge on any atom is 0.251 e. The number of nitrogens with zero attached hydrogens (tertiary/aromatic N) is 2. The Labute approximate surface area is 149 Å². The maximum absolute atomic E-state index is 11.9. The van der Waals surface area contributed by atoms with Crippen LogP contribution in [0.15, 0.2) is 60.2 Å². The summed E-state index contributed by atoms with van der Waals surface area (Å²) in [4.78, 5) is 32.3. The molecule has 0 bridgehead atoms. The second-order valence-corrected chi connectivity index (χ2v) is 6.07. The number of thiazole rings is 1. The molecular formula is C18H16N4O2S. The van der Waals surface area contributed by atoms with E-state index >= 15 is 0 Å². The summed E-state index contributed by atoms with van der Waals surface area (Å²) in [5, 5.41) is 8.08. The fourth-order valence-corrected chi connectivity index (χ4v) is 2.92. The van der Waals surface area contributed by atoms with Gasteiger partial charge in [-0.2, -0.15) is 0 Å². The van der Waals surface area contributed by atoms with Crippen LogP contribution in [0.2, 0.25) is 0 Å². The van der Waals surface area contributed by atoms with Crippen molar-refractivity contribution < 1.29 is 9.59 Å². The number of carbonyl (C=O) groups is 2. The lowest BCUT2D eigenvalue weighted by atomic mass is 10.2. The molecule has 25 heavy (non-hydrogen) atoms. The molecule has 6 nitrogen and oxygen atoms in total. The molecule has 0 saturated heterocycles. The van der Waals surface area contributed by atoms with E-state index in [1.807, 2.05) is 23.6 Å². The summed E-state index contributed by atoms with van der Waals surface area (Å²) in [6, 6.07) is 12.6. The Balaban J connectivity index is 1.47. The molecule has 0 radical (unpaired) electrons. The Morgan fingerprint density at radius 3 is 2.64 bits per heavy atom. The summed E-state index contributed by atoms with van der Waals surface area (Å²) in [5.74, 6) is -0.538. The van der Waals surface area contributed by atoms with Gasteiger partial charge in [0.25, 0.3) is 5.91 Å². The van der Waals surface area contributed by atoms with Gasteiger partial charge in [0.15, 0.2) is 0 Å². The lowest BCUT2D eigenvalue weighted by molar-refractivity contribution is -0.120. The third-order valence-electron chi connectivity index (χ3n) is 3.37. The molecule has 2 N–H and O–H groups in total. The highest BCUT2D eigenvalue weighted by atomic mass is 32.1. The van der Waals surface area contributed by atoms with E-state index in [1.165, 1.54) is 11.3 Å². The second kappa shape index (κ2) is 8.16. The average Bonchev–Trinajstić information content (AvgIpc) is 3.15. The van der Waals surface area contributed by atoms with Crippen molar-refractivity contribution in [1.82, 2.24) is 20.6 Å². The SMILES string of the molecule is O=C(CNC(=O)c1ccccc1)NCc1csc(-c2cccnc2)n1. The Morgan fingerprint density at radius 1 is 1.04 bits per heavy atom. The van der Waals surface area contributed by atoms with Crippen molar-refractivity contribution in [3.05, 3.63) is 71.5 Å². The minimum atomic E-state index is -0.275. The van der Waals surface area contributed by atoms with Crippen LogP contribution in [0.25, 0.3) is 10.6 Å². The Kier molecular flexibility index (Phi) is 5.48. The Bertz CT molecular complexity index is 850. The molecule has 0 atom stereocenters. The van der Waals surface area contributed by atoms with Crippen LogP contribution >= 0.6 is 11.3 Å². The smallest absolute Gasteiger partial charge is 0.251 e. The van der Waals surface area contributed by atoms with E-state index in [0.29, 0.717) is 12.1 Å². The third-order valence-corrected chi connectivity index (χ3v) is 4.31. The largest absolute Gasteiger partial charge is 0.349 e. The van der Waals surface area contributed by atoms with Crippen molar-refractivity contribution in [2.24, 2.45) is 0 Å². The van der Waals surface area contributed by atoms with E-state index in [4.69, 9.17) is 0 Å². The predicted octanol–water partition coefficient (Wildman–Crippen LogP) is 2.25. The number of pyridine rings is 1. The summed E-state index contributed by atoms with van der Waals surface area (Å²) < 4.78 is 0. The van der Waals surface area contributed by atoms with Gasteiger partial charge in [-0.3, -0.25) is 14.6 Å². The molecular weight excluding hydrogens is 336 g/mol. The molecule has 0 spiro atoms. The number of benzene rings is 1. The Hall–Kier alpha value is -3.06. The minimum Gasteiger partial charge on any atom is -0.349 e. The molecule has 1 aromatic carbocycles. The lowest BCUT2D eigenvalue weighted by Gasteiger charge is -2.06. The van der Waals surface area contributed by atoms with Crippen LogP contribution in [0.1, 0.15) is 16.1 Å². The average molecular weight is 352 g/mol. The van der Waals surface area contributed by atoms with E-state index in [2.05, 4.69) is 20.6 Å². The number of nitrogens with one attached hydrogen (secondary N) is 2. The maximum atomic E-state index is 11.9. The fraction of sp³-hybridized carbons (Fsp3) is 0.111. The van der Waals surface area contributed by atoms with E-state index in [1.54, 1.807) is 36.7 Å². The molecule has 2 amide bonds. The van der Waals surface area contributed by atoms with Crippen molar-refractivity contribution in [1.29, 1.82) is 0 Å². The first-order valence-electron chi connectivity index (χ1n) is 7.67. The van der Waals surface area contributed by atoms with Crippen LogP contribution < -0.4 is 10.6 Å². The van der Waals surface area contributed by atoms with E-state index in [9.17, 15) is 9.59 Å². The van der Waals surface area contributed by atoms with Gasteiger partial charge in [-0.15, -0.1) is 11.3 Å². The first-order chi connectivity index (χ1) is 12.2. The molecule has 0 aliphatic rings. The standard InChI is InChI=1S/C18H16N4O2S/c23-16(11-21-17(24)13-5-2-1-3-6-13)20-10-15-12-25-18(22-15)14-7-4-8-19-9-14/h1-9,12H,10-11H2,(H,20,23)(H,21,24). The summed E-state index contributed by atoms with van der Waals surface area (Å²) >= 11 is 1.50. The molecule has 126 valence electrons. The summed E-state index contributed by atoms with van der Waals surface area (Å²) in [7, 11) is 0. The molecule has 0 unspecified atom stereocenters. The molecule has 2 heterocycles. The van der Waals surface area contributed by atoms with Gasteiger partial charge in [-0.25, -0.2) is 4.98 Å². The van der Waals surface area contributed by atoms with Gasteiger partial charge in [0, 0.05) is 28.9 Å². The number of rotatable bonds is 6. The third kappa shape index (κ3) is 4.71. The van der Waals surface area contributed by atoms with Crippen LogP contribution in [-0.4, -0.2) is 28.3 Å². The molecule has 0 aliphatic heterocycles. The van der Waals surface area contributed by atoms with Crippen molar-refractivity contribution >= 4 is 23.2 Å². The zero-order valence-electron chi connectivity index (χ0n) is 13.3. The Morgan fingerprint density at radius 2 is 1.88 bits per heavy atom. The molecule has 0 fully saturated rings. The predicted molar refractivity (Wildman–Crippen MR) is 96.0 cm³/mol. The van der Waals surface area contributed by atoms with Crippen LogP contribution in [0, 0.1) is 0 Å². The molecule has 2 aromatic heterocycles. The second-order valence-electron chi connectivity index (χ2n) is 5.21. The van der Waals surface area contributed by atoms with Gasteiger partial charge in [-0.05, 0) is 24.3 Å².